The number of imidazole rings is 1. The molecule has 1 aliphatic carbocycles. The number of amides is 1. The molecule has 2 aliphatic rings. The second-order valence-electron chi connectivity index (χ2n) is 15.7. The smallest absolute Gasteiger partial charge is 0.337 e. The molecule has 0 unspecified atom stereocenters. The maximum Gasteiger partial charge on any atom is 0.337 e. The van der Waals surface area contributed by atoms with Gasteiger partial charge in [-0.15, -0.1) is 0 Å². The van der Waals surface area contributed by atoms with E-state index in [0.717, 1.165) is 57.1 Å². The fourth-order valence-corrected chi connectivity index (χ4v) is 10.9. The molecule has 1 saturated heterocycles. The number of carbonyl (C=O) groups excluding carboxylic acids is 1. The molecule has 2 N–H and O–H groups in total. The minimum absolute atomic E-state index is 0.0459. The minimum atomic E-state index is -1.97. The fraction of sp³-hybridized carbons (Fsp3) is 0.500. The second-order valence-corrected chi connectivity index (χ2v) is 20.9. The summed E-state index contributed by atoms with van der Waals surface area (Å²) in [6, 6.07) is 28.5. The van der Waals surface area contributed by atoms with E-state index in [1.807, 2.05) is 38.1 Å². The number of likely N-dealkylation sites (tertiary alicyclic amines) is 1. The van der Waals surface area contributed by atoms with Crippen molar-refractivity contribution >= 4 is 25.1 Å². The van der Waals surface area contributed by atoms with Gasteiger partial charge in [0.1, 0.15) is 5.22 Å². The summed E-state index contributed by atoms with van der Waals surface area (Å²) in [5, 5.41) is 14.3. The lowest BCUT2D eigenvalue weighted by molar-refractivity contribution is -0.0991. The van der Waals surface area contributed by atoms with Crippen LogP contribution in [0.5, 0.6) is 0 Å². The quantitative estimate of drug-likeness (QED) is 0.173. The maximum atomic E-state index is 13.2. The highest BCUT2D eigenvalue weighted by molar-refractivity contribution is 6.79. The van der Waals surface area contributed by atoms with Crippen molar-refractivity contribution in [2.24, 2.45) is 5.92 Å². The molecule has 9 heteroatoms. The molecule has 3 aromatic carbocycles. The maximum absolute atomic E-state index is 13.2. The number of ether oxygens (including phenoxy) is 1. The average Bonchev–Trinajstić information content (AvgIpc) is 3.39. The molecule has 0 radical (unpaired) electrons. The van der Waals surface area contributed by atoms with Gasteiger partial charge in [0.2, 0.25) is 0 Å². The van der Waals surface area contributed by atoms with E-state index >= 15 is 0 Å². The van der Waals surface area contributed by atoms with Crippen molar-refractivity contribution in [2.75, 3.05) is 26.2 Å². The third kappa shape index (κ3) is 7.22. The molecular formula is C40H54N4O4Si. The van der Waals surface area contributed by atoms with Gasteiger partial charge in [-0.3, -0.25) is 4.57 Å². The van der Waals surface area contributed by atoms with Crippen molar-refractivity contribution in [3.8, 4) is 0 Å². The molecule has 8 nitrogen and oxygen atoms in total. The summed E-state index contributed by atoms with van der Waals surface area (Å²) >= 11 is 0. The number of nitrogens with zero attached hydrogens (tertiary/aromatic N) is 3. The molecule has 1 saturated carbocycles. The first-order chi connectivity index (χ1) is 23.4. The Kier molecular flexibility index (Phi) is 10.4. The molecule has 1 aliphatic heterocycles. The van der Waals surface area contributed by atoms with Gasteiger partial charge < -0.3 is 20.1 Å². The van der Waals surface area contributed by atoms with Crippen LogP contribution in [0.15, 0.2) is 89.7 Å². The lowest BCUT2D eigenvalue weighted by atomic mass is 9.82. The first-order valence-corrected chi connectivity index (χ1v) is 21.7. The molecular weight excluding hydrogens is 629 g/mol. The Hall–Kier alpha value is -3.50. The summed E-state index contributed by atoms with van der Waals surface area (Å²) in [6.07, 6.45) is 5.06. The second kappa shape index (κ2) is 14.4. The molecule has 262 valence electrons. The van der Waals surface area contributed by atoms with Crippen LogP contribution in [0.25, 0.3) is 11.0 Å². The first-order valence-electron chi connectivity index (χ1n) is 18.2. The van der Waals surface area contributed by atoms with Crippen molar-refractivity contribution in [3.05, 3.63) is 107 Å². The number of β-amino-alcohol motifs (C(OH)–C–C–N with tert-alkyl or cyclic N) is 1. The largest absolute Gasteiger partial charge is 0.389 e. The van der Waals surface area contributed by atoms with Crippen LogP contribution < -0.4 is 11.0 Å². The number of aromatic nitrogens is 2. The fourth-order valence-electron chi connectivity index (χ4n) is 8.29. The number of nitrogens with one attached hydrogen (secondary N) is 1. The minimum Gasteiger partial charge on any atom is -0.389 e. The lowest BCUT2D eigenvalue weighted by Crippen LogP contribution is -2.55. The molecule has 6 rings (SSSR count). The number of hydrogen-bond acceptors (Lipinski definition) is 5. The summed E-state index contributed by atoms with van der Waals surface area (Å²) < 4.78 is 10.3. The Balaban J connectivity index is 1.03. The molecule has 0 atom stereocenters. The molecule has 2 heterocycles. The normalized spacial score (nSPS) is 21.3. The summed E-state index contributed by atoms with van der Waals surface area (Å²) in [6.45, 7) is 14.1. The van der Waals surface area contributed by atoms with E-state index in [2.05, 4.69) is 90.5 Å². The summed E-state index contributed by atoms with van der Waals surface area (Å²) in [5.74, 6) is 0.332. The number of carbonyl (C=O) groups is 1. The summed E-state index contributed by atoms with van der Waals surface area (Å²) in [7, 11) is -1.97. The monoisotopic (exact) mass is 682 g/mol. The number of fused-ring (bicyclic) bond motifs is 1. The van der Waals surface area contributed by atoms with Crippen LogP contribution in [0.3, 0.4) is 0 Å². The van der Waals surface area contributed by atoms with Crippen LogP contribution in [0.1, 0.15) is 69.5 Å². The Morgan fingerprint density at radius 1 is 0.878 bits per heavy atom. The van der Waals surface area contributed by atoms with E-state index in [4.69, 9.17) is 4.74 Å². The van der Waals surface area contributed by atoms with E-state index in [1.165, 1.54) is 15.7 Å². The van der Waals surface area contributed by atoms with Crippen molar-refractivity contribution in [1.82, 2.24) is 19.4 Å². The number of piperidine rings is 1. The first kappa shape index (κ1) is 35.3. The Labute approximate surface area is 292 Å². The number of benzene rings is 3. The molecule has 49 heavy (non-hydrogen) atoms. The van der Waals surface area contributed by atoms with Gasteiger partial charge in [-0.2, -0.15) is 0 Å². The third-order valence-electron chi connectivity index (χ3n) is 10.9. The van der Waals surface area contributed by atoms with Crippen molar-refractivity contribution in [1.29, 1.82) is 0 Å². The van der Waals surface area contributed by atoms with Crippen LogP contribution in [-0.4, -0.2) is 71.1 Å². The van der Waals surface area contributed by atoms with Crippen molar-refractivity contribution < 1.29 is 14.6 Å². The highest BCUT2D eigenvalue weighted by Gasteiger charge is 2.50. The van der Waals surface area contributed by atoms with E-state index in [9.17, 15) is 14.7 Å². The van der Waals surface area contributed by atoms with Gasteiger partial charge in [0.15, 0.2) is 0 Å². The van der Waals surface area contributed by atoms with Crippen LogP contribution in [0, 0.1) is 5.92 Å². The number of hydrogen-bond donors (Lipinski definition) is 2. The molecule has 4 aromatic rings. The van der Waals surface area contributed by atoms with Gasteiger partial charge in [-0.1, -0.05) is 92.4 Å². The zero-order valence-electron chi connectivity index (χ0n) is 29.9. The van der Waals surface area contributed by atoms with Gasteiger partial charge in [-0.25, -0.2) is 14.2 Å². The zero-order chi connectivity index (χ0) is 34.8. The molecule has 1 amide bonds. The van der Waals surface area contributed by atoms with Gasteiger partial charge in [-0.05, 0) is 94.6 Å². The van der Waals surface area contributed by atoms with Crippen LogP contribution in [0.2, 0.25) is 19.6 Å². The topological polar surface area (TPSA) is 88.7 Å². The highest BCUT2D eigenvalue weighted by Crippen LogP contribution is 2.45. The van der Waals surface area contributed by atoms with Crippen LogP contribution >= 0.6 is 0 Å². The third-order valence-corrected chi connectivity index (χ3v) is 13.7. The molecule has 2 fully saturated rings. The summed E-state index contributed by atoms with van der Waals surface area (Å²) in [5.41, 5.74) is 2.81. The van der Waals surface area contributed by atoms with Gasteiger partial charge in [0.25, 0.3) is 0 Å². The molecule has 0 spiro atoms. The standard InChI is InChI=1S/C40H54N4O4Si/c1-30(2)43-35-18-12-13-19-36(35)44(38(43)46)37(45)41-28-31-22-26-42(27-23-31)29-39(47)24-20-34(21-25-39)48-40(49(3,4)5,32-14-8-6-9-15-32)33-16-10-7-11-17-33/h6-19,30-31,34,47H,20-29H2,1-5H3,(H,41,45). The SMILES string of the molecule is CC(C)n1c(=O)n(C(=O)NCC2CCN(CC3(O)CCC(OC(c4ccccc4)(c4ccccc4)[Si](C)(C)C)CC3)CC2)c2ccccc21. The number of aliphatic hydroxyl groups is 1. The van der Waals surface area contributed by atoms with E-state index in [-0.39, 0.29) is 23.9 Å². The van der Waals surface area contributed by atoms with Gasteiger partial charge >= 0.3 is 11.7 Å². The highest BCUT2D eigenvalue weighted by atomic mass is 28.3. The van der Waals surface area contributed by atoms with E-state index in [1.54, 1.807) is 4.57 Å². The molecule has 0 bridgehead atoms. The number of rotatable bonds is 10. The molecule has 1 aromatic heterocycles. The van der Waals surface area contributed by atoms with Gasteiger partial charge in [0, 0.05) is 19.1 Å². The predicted octanol–water partition coefficient (Wildman–Crippen LogP) is 7.17. The van der Waals surface area contributed by atoms with Crippen LogP contribution in [0.4, 0.5) is 4.79 Å². The van der Waals surface area contributed by atoms with E-state index < -0.39 is 18.9 Å². The lowest BCUT2D eigenvalue weighted by Gasteiger charge is -2.49. The van der Waals surface area contributed by atoms with Gasteiger partial charge in [0.05, 0.1) is 30.8 Å². The number of para-hydroxylation sites is 2. The predicted molar refractivity (Wildman–Crippen MR) is 200 cm³/mol. The van der Waals surface area contributed by atoms with Crippen molar-refractivity contribution in [2.45, 2.75) is 95.0 Å². The van der Waals surface area contributed by atoms with Crippen molar-refractivity contribution in [3.63, 3.8) is 0 Å². The Morgan fingerprint density at radius 2 is 1.41 bits per heavy atom. The van der Waals surface area contributed by atoms with Crippen LogP contribution in [-0.2, 0) is 9.96 Å². The van der Waals surface area contributed by atoms with E-state index in [0.29, 0.717) is 24.5 Å². The Bertz CT molecular complexity index is 1720. The summed E-state index contributed by atoms with van der Waals surface area (Å²) in [4.78, 5) is 28.8. The average molecular weight is 683 g/mol. The Morgan fingerprint density at radius 3 is 1.94 bits per heavy atom. The zero-order valence-corrected chi connectivity index (χ0v) is 30.9.